The van der Waals surface area contributed by atoms with Gasteiger partial charge in [-0.15, -0.1) is 0 Å². The lowest BCUT2D eigenvalue weighted by Gasteiger charge is -2.21. The van der Waals surface area contributed by atoms with Crippen molar-refractivity contribution >= 4 is 5.78 Å². The molecule has 0 atom stereocenters. The van der Waals surface area contributed by atoms with Gasteiger partial charge in [0.25, 0.3) is 0 Å². The zero-order valence-electron chi connectivity index (χ0n) is 14.5. The molecule has 1 fully saturated rings. The minimum atomic E-state index is 0.0382. The van der Waals surface area contributed by atoms with E-state index in [0.29, 0.717) is 50.0 Å². The molecule has 1 aliphatic heterocycles. The quantitative estimate of drug-likeness (QED) is 0.689. The lowest BCUT2D eigenvalue weighted by Crippen LogP contribution is -2.23. The van der Waals surface area contributed by atoms with Crippen molar-refractivity contribution < 1.29 is 19.0 Å². The van der Waals surface area contributed by atoms with Crippen LogP contribution < -0.4 is 9.47 Å². The van der Waals surface area contributed by atoms with Gasteiger partial charge in [-0.3, -0.25) is 4.79 Å². The van der Waals surface area contributed by atoms with E-state index in [1.54, 1.807) is 18.6 Å². The Balaban J connectivity index is 1.67. The van der Waals surface area contributed by atoms with E-state index in [9.17, 15) is 4.79 Å². The summed E-state index contributed by atoms with van der Waals surface area (Å²) in [5.41, 5.74) is 0.678. The number of aromatic nitrogens is 2. The average Bonchev–Trinajstić information content (AvgIpc) is 3.17. The second-order valence-corrected chi connectivity index (χ2v) is 5.99. The molecular weight excluding hydrogens is 320 g/mol. The number of Topliss-reactive ketones (excluding diaryl/α,β-unsaturated/α-hetero) is 1. The maximum atomic E-state index is 12.7. The largest absolute Gasteiger partial charge is 0.490 e. The molecule has 0 radical (unpaired) electrons. The van der Waals surface area contributed by atoms with E-state index in [-0.39, 0.29) is 11.7 Å². The molecule has 0 saturated carbocycles. The number of carbonyl (C=O) groups excluding carboxylic acids is 1. The fourth-order valence-corrected chi connectivity index (χ4v) is 2.92. The Hall–Kier alpha value is -2.34. The van der Waals surface area contributed by atoms with E-state index < -0.39 is 0 Å². The monoisotopic (exact) mass is 344 g/mol. The molecule has 134 valence electrons. The van der Waals surface area contributed by atoms with Crippen LogP contribution in [0.25, 0.3) is 0 Å². The Bertz CT molecular complexity index is 679. The van der Waals surface area contributed by atoms with Gasteiger partial charge >= 0.3 is 0 Å². The summed E-state index contributed by atoms with van der Waals surface area (Å²) in [6.07, 6.45) is 6.95. The molecule has 1 aliphatic rings. The molecule has 2 aromatic rings. The summed E-state index contributed by atoms with van der Waals surface area (Å²) >= 11 is 0. The summed E-state index contributed by atoms with van der Waals surface area (Å²) in [5.74, 6) is 1.47. The topological polar surface area (TPSA) is 62.6 Å². The normalized spacial score (nSPS) is 15.1. The summed E-state index contributed by atoms with van der Waals surface area (Å²) < 4.78 is 18.8. The second-order valence-electron chi connectivity index (χ2n) is 5.99. The third-order valence-corrected chi connectivity index (χ3v) is 4.29. The smallest absolute Gasteiger partial charge is 0.166 e. The van der Waals surface area contributed by atoms with Crippen molar-refractivity contribution in [1.29, 1.82) is 0 Å². The van der Waals surface area contributed by atoms with E-state index >= 15 is 0 Å². The van der Waals surface area contributed by atoms with Crippen molar-refractivity contribution in [1.82, 2.24) is 9.55 Å². The third kappa shape index (κ3) is 4.60. The molecule has 6 heteroatoms. The molecule has 0 amide bonds. The standard InChI is InChI=1S/C19H24N2O4/c1-2-24-18-13-16(19(22)15-5-10-23-11-6-15)3-4-17(18)25-12-9-21-8-7-20-14-21/h3-4,7-8,13-15H,2,5-6,9-12H2,1H3. The van der Waals surface area contributed by atoms with E-state index in [2.05, 4.69) is 4.98 Å². The first-order valence-corrected chi connectivity index (χ1v) is 8.75. The minimum absolute atomic E-state index is 0.0382. The Labute approximate surface area is 147 Å². The summed E-state index contributed by atoms with van der Waals surface area (Å²) in [4.78, 5) is 16.7. The van der Waals surface area contributed by atoms with Crippen LogP contribution in [0, 0.1) is 5.92 Å². The number of nitrogens with zero attached hydrogens (tertiary/aromatic N) is 2. The Morgan fingerprint density at radius 1 is 1.28 bits per heavy atom. The number of imidazole rings is 1. The highest BCUT2D eigenvalue weighted by molar-refractivity contribution is 5.98. The molecule has 6 nitrogen and oxygen atoms in total. The summed E-state index contributed by atoms with van der Waals surface area (Å²) in [7, 11) is 0. The van der Waals surface area contributed by atoms with E-state index in [4.69, 9.17) is 14.2 Å². The summed E-state index contributed by atoms with van der Waals surface area (Å²) in [5, 5.41) is 0. The highest BCUT2D eigenvalue weighted by Gasteiger charge is 2.23. The maximum Gasteiger partial charge on any atom is 0.166 e. The van der Waals surface area contributed by atoms with Crippen molar-refractivity contribution in [3.63, 3.8) is 0 Å². The van der Waals surface area contributed by atoms with Gasteiger partial charge in [0.05, 0.1) is 19.5 Å². The van der Waals surface area contributed by atoms with Crippen LogP contribution in [0.5, 0.6) is 11.5 Å². The average molecular weight is 344 g/mol. The molecule has 0 N–H and O–H groups in total. The molecular formula is C19H24N2O4. The first kappa shape index (κ1) is 17.5. The highest BCUT2D eigenvalue weighted by Crippen LogP contribution is 2.30. The van der Waals surface area contributed by atoms with E-state index in [1.807, 2.05) is 29.8 Å². The van der Waals surface area contributed by atoms with Gasteiger partial charge in [0.2, 0.25) is 0 Å². The molecule has 0 spiro atoms. The fraction of sp³-hybridized carbons (Fsp3) is 0.474. The highest BCUT2D eigenvalue weighted by atomic mass is 16.5. The Kier molecular flexibility index (Phi) is 6.06. The Morgan fingerprint density at radius 2 is 2.12 bits per heavy atom. The van der Waals surface area contributed by atoms with Crippen molar-refractivity contribution in [2.45, 2.75) is 26.3 Å². The van der Waals surface area contributed by atoms with Gasteiger partial charge in [-0.1, -0.05) is 0 Å². The zero-order valence-corrected chi connectivity index (χ0v) is 14.5. The minimum Gasteiger partial charge on any atom is -0.490 e. The molecule has 25 heavy (non-hydrogen) atoms. The van der Waals surface area contributed by atoms with Crippen LogP contribution in [-0.2, 0) is 11.3 Å². The van der Waals surface area contributed by atoms with Crippen molar-refractivity contribution in [2.24, 2.45) is 5.92 Å². The zero-order chi connectivity index (χ0) is 17.5. The van der Waals surface area contributed by atoms with E-state index in [1.165, 1.54) is 0 Å². The van der Waals surface area contributed by atoms with Crippen LogP contribution in [0.1, 0.15) is 30.1 Å². The number of ether oxygens (including phenoxy) is 3. The Morgan fingerprint density at radius 3 is 2.84 bits per heavy atom. The predicted molar refractivity (Wildman–Crippen MR) is 93.2 cm³/mol. The molecule has 1 aromatic carbocycles. The number of carbonyl (C=O) groups is 1. The van der Waals surface area contributed by atoms with Crippen molar-refractivity contribution in [3.8, 4) is 11.5 Å². The lowest BCUT2D eigenvalue weighted by atomic mass is 9.91. The van der Waals surface area contributed by atoms with Crippen molar-refractivity contribution in [3.05, 3.63) is 42.5 Å². The molecule has 3 rings (SSSR count). The molecule has 0 bridgehead atoms. The number of benzene rings is 1. The van der Waals surface area contributed by atoms with Gasteiger partial charge in [-0.25, -0.2) is 4.98 Å². The van der Waals surface area contributed by atoms with Crippen LogP contribution in [0.15, 0.2) is 36.9 Å². The maximum absolute atomic E-state index is 12.7. The van der Waals surface area contributed by atoms with E-state index in [0.717, 1.165) is 12.8 Å². The lowest BCUT2D eigenvalue weighted by molar-refractivity contribution is 0.0544. The molecule has 0 unspecified atom stereocenters. The summed E-state index contributed by atoms with van der Waals surface area (Å²) in [6, 6.07) is 5.45. The molecule has 0 aliphatic carbocycles. The number of hydrogen-bond donors (Lipinski definition) is 0. The van der Waals surface area contributed by atoms with Crippen LogP contribution in [0.2, 0.25) is 0 Å². The SMILES string of the molecule is CCOc1cc(C(=O)C2CCOCC2)ccc1OCCn1ccnc1. The van der Waals surface area contributed by atoms with Gasteiger partial charge in [-0.2, -0.15) is 0 Å². The van der Waals surface area contributed by atoms with Gasteiger partial charge in [0, 0.05) is 37.1 Å². The predicted octanol–water partition coefficient (Wildman–Crippen LogP) is 2.97. The molecule has 1 aromatic heterocycles. The van der Waals surface area contributed by atoms with Crippen LogP contribution >= 0.6 is 0 Å². The van der Waals surface area contributed by atoms with Crippen molar-refractivity contribution in [2.75, 3.05) is 26.4 Å². The first-order chi connectivity index (χ1) is 12.3. The fourth-order valence-electron chi connectivity index (χ4n) is 2.92. The number of rotatable bonds is 8. The number of hydrogen-bond acceptors (Lipinski definition) is 5. The van der Waals surface area contributed by atoms with Crippen LogP contribution in [-0.4, -0.2) is 41.8 Å². The van der Waals surface area contributed by atoms with Gasteiger partial charge in [-0.05, 0) is 38.0 Å². The van der Waals surface area contributed by atoms with Crippen LogP contribution in [0.4, 0.5) is 0 Å². The van der Waals surface area contributed by atoms with Gasteiger partial charge < -0.3 is 18.8 Å². The second kappa shape index (κ2) is 8.67. The van der Waals surface area contributed by atoms with Gasteiger partial charge in [0.15, 0.2) is 17.3 Å². The summed E-state index contributed by atoms with van der Waals surface area (Å²) in [6.45, 7) is 4.96. The molecule has 2 heterocycles. The number of ketones is 1. The van der Waals surface area contributed by atoms with Gasteiger partial charge in [0.1, 0.15) is 6.61 Å². The third-order valence-electron chi connectivity index (χ3n) is 4.29. The first-order valence-electron chi connectivity index (χ1n) is 8.75. The molecule has 1 saturated heterocycles. The van der Waals surface area contributed by atoms with Crippen LogP contribution in [0.3, 0.4) is 0 Å².